The Labute approximate surface area is 192 Å². The van der Waals surface area contributed by atoms with Crippen LogP contribution in [0.2, 0.25) is 0 Å². The Hall–Kier alpha value is -1.53. The van der Waals surface area contributed by atoms with Gasteiger partial charge in [0.05, 0.1) is 12.5 Å². The van der Waals surface area contributed by atoms with E-state index in [0.29, 0.717) is 11.2 Å². The number of aryl methyl sites for hydroxylation is 2. The first-order valence-electron chi connectivity index (χ1n) is 11.3. The summed E-state index contributed by atoms with van der Waals surface area (Å²) < 4.78 is 28.1. The molecule has 0 heterocycles. The summed E-state index contributed by atoms with van der Waals surface area (Å²) in [5.74, 6) is -0.0532. The Morgan fingerprint density at radius 3 is 2.50 bits per heavy atom. The van der Waals surface area contributed by atoms with Gasteiger partial charge in [-0.05, 0) is 75.6 Å². The molecule has 3 fully saturated rings. The second-order valence-electron chi connectivity index (χ2n) is 10.6. The van der Waals surface area contributed by atoms with Gasteiger partial charge in [0.25, 0.3) is 0 Å². The second-order valence-corrected chi connectivity index (χ2v) is 11.2. The minimum Gasteiger partial charge on any atom is -0.438 e. The van der Waals surface area contributed by atoms with Crippen LogP contribution in [0.5, 0.6) is 5.75 Å². The van der Waals surface area contributed by atoms with Crippen LogP contribution >= 0.6 is 8.25 Å². The number of carbonyl (C=O) groups excluding carboxylic acids is 1. The highest BCUT2D eigenvalue weighted by molar-refractivity contribution is 7.32. The quantitative estimate of drug-likeness (QED) is 0.306. The van der Waals surface area contributed by atoms with Gasteiger partial charge in [-0.25, -0.2) is 4.52 Å². The highest BCUT2D eigenvalue weighted by Gasteiger charge is 2.52. The van der Waals surface area contributed by atoms with Crippen molar-refractivity contribution in [2.24, 2.45) is 5.41 Å². The number of rotatable bonds is 9. The molecule has 178 valence electrons. The molecule has 2 unspecified atom stereocenters. The Balaban J connectivity index is 1.63. The number of carbonyl (C=O) groups is 1. The molecule has 0 radical (unpaired) electrons. The number of esters is 1. The van der Waals surface area contributed by atoms with Crippen LogP contribution in [0.25, 0.3) is 0 Å². The molecule has 2 N–H and O–H groups in total. The smallest absolute Gasteiger partial charge is 0.438 e. The Morgan fingerprint density at radius 1 is 1.25 bits per heavy atom. The SMILES string of the molecule is CNC12CCC(C)(CC1)CC2OCOC(=O)CC(C)(C)c1c(C)cc(C)cc1O[P+](=O)O. The van der Waals surface area contributed by atoms with Gasteiger partial charge in [-0.1, -0.05) is 26.8 Å². The van der Waals surface area contributed by atoms with Crippen molar-refractivity contribution in [2.45, 2.75) is 90.2 Å². The zero-order chi connectivity index (χ0) is 23.7. The molecule has 0 saturated heterocycles. The van der Waals surface area contributed by atoms with Crippen LogP contribution in [0.15, 0.2) is 12.1 Å². The fourth-order valence-electron chi connectivity index (χ4n) is 5.73. The van der Waals surface area contributed by atoms with Crippen LogP contribution in [-0.4, -0.2) is 36.3 Å². The molecule has 3 aliphatic carbocycles. The second kappa shape index (κ2) is 9.38. The summed E-state index contributed by atoms with van der Waals surface area (Å²) in [5.41, 5.74) is 2.16. The third-order valence-electron chi connectivity index (χ3n) is 7.51. The van der Waals surface area contributed by atoms with Crippen LogP contribution in [-0.2, 0) is 24.2 Å². The summed E-state index contributed by atoms with van der Waals surface area (Å²) >= 11 is 0. The molecule has 32 heavy (non-hydrogen) atoms. The normalized spacial score (nSPS) is 27.8. The van der Waals surface area contributed by atoms with E-state index in [-0.39, 0.29) is 30.8 Å². The minimum atomic E-state index is -2.81. The van der Waals surface area contributed by atoms with Gasteiger partial charge in [-0.15, -0.1) is 4.89 Å². The average molecular weight is 467 g/mol. The number of ether oxygens (including phenoxy) is 2. The van der Waals surface area contributed by atoms with E-state index < -0.39 is 13.7 Å². The van der Waals surface area contributed by atoms with Crippen molar-refractivity contribution >= 4 is 14.2 Å². The summed E-state index contributed by atoms with van der Waals surface area (Å²) in [7, 11) is -0.819. The Morgan fingerprint density at radius 2 is 1.91 bits per heavy atom. The summed E-state index contributed by atoms with van der Waals surface area (Å²) in [6.45, 7) is 9.86. The third kappa shape index (κ3) is 5.33. The maximum absolute atomic E-state index is 12.7. The predicted octanol–water partition coefficient (Wildman–Crippen LogP) is 4.83. The minimum absolute atomic E-state index is 0.0287. The third-order valence-corrected chi connectivity index (χ3v) is 7.87. The van der Waals surface area contributed by atoms with E-state index in [1.54, 1.807) is 6.07 Å². The molecule has 2 bridgehead atoms. The van der Waals surface area contributed by atoms with Crippen molar-refractivity contribution in [3.63, 3.8) is 0 Å². The monoisotopic (exact) mass is 466 g/mol. The Kier molecular flexibility index (Phi) is 7.36. The van der Waals surface area contributed by atoms with E-state index in [1.807, 2.05) is 40.8 Å². The van der Waals surface area contributed by atoms with Crippen LogP contribution in [0, 0.1) is 19.3 Å². The fourth-order valence-corrected chi connectivity index (χ4v) is 6.04. The molecular weight excluding hydrogens is 429 g/mol. The molecule has 4 rings (SSSR count). The average Bonchev–Trinajstić information content (AvgIpc) is 2.66. The van der Waals surface area contributed by atoms with Crippen molar-refractivity contribution in [3.05, 3.63) is 28.8 Å². The molecular formula is C24H37NO6P+. The van der Waals surface area contributed by atoms with Crippen LogP contribution < -0.4 is 9.84 Å². The maximum Gasteiger partial charge on any atom is 0.747 e. The first kappa shape index (κ1) is 25.1. The lowest BCUT2D eigenvalue weighted by atomic mass is 9.57. The molecule has 1 aromatic rings. The van der Waals surface area contributed by atoms with Gasteiger partial charge in [-0.3, -0.25) is 4.79 Å². The Bertz CT molecular complexity index is 875. The number of fused-ring (bicyclic) bond motifs is 3. The van der Waals surface area contributed by atoms with Crippen LogP contribution in [0.1, 0.15) is 76.0 Å². The van der Waals surface area contributed by atoms with Crippen molar-refractivity contribution < 1.29 is 28.3 Å². The van der Waals surface area contributed by atoms with E-state index >= 15 is 0 Å². The molecule has 0 amide bonds. The van der Waals surface area contributed by atoms with E-state index in [4.69, 9.17) is 14.0 Å². The molecule has 0 spiro atoms. The van der Waals surface area contributed by atoms with Gasteiger partial charge < -0.3 is 14.8 Å². The number of benzene rings is 1. The summed E-state index contributed by atoms with van der Waals surface area (Å²) in [6, 6.07) is 3.69. The van der Waals surface area contributed by atoms with Gasteiger partial charge in [0.1, 0.15) is 0 Å². The molecule has 1 aromatic carbocycles. The zero-order valence-corrected chi connectivity index (χ0v) is 21.0. The van der Waals surface area contributed by atoms with E-state index in [9.17, 15) is 14.3 Å². The molecule has 0 aromatic heterocycles. The van der Waals surface area contributed by atoms with E-state index in [0.717, 1.165) is 36.0 Å². The standard InChI is InChI=1S/C24H36NO6P/c1-16-11-17(2)21(18(12-16)31-32(27)28)22(3,4)14-20(26)30-15-29-19-13-23(5)7-9-24(19,25-6)10-8-23/h11-12,19,25H,7-10,13-15H2,1-6H3/p+1. The number of hydrogen-bond donors (Lipinski definition) is 2. The van der Waals surface area contributed by atoms with Crippen molar-refractivity contribution in [3.8, 4) is 5.75 Å². The van der Waals surface area contributed by atoms with E-state index in [2.05, 4.69) is 12.2 Å². The maximum atomic E-state index is 12.7. The summed E-state index contributed by atoms with van der Waals surface area (Å²) in [5, 5.41) is 3.48. The molecule has 3 saturated carbocycles. The van der Waals surface area contributed by atoms with Gasteiger partial charge in [0.15, 0.2) is 12.5 Å². The first-order chi connectivity index (χ1) is 14.9. The van der Waals surface area contributed by atoms with Gasteiger partial charge in [0.2, 0.25) is 0 Å². The molecule has 2 atom stereocenters. The lowest BCUT2D eigenvalue weighted by Crippen LogP contribution is -2.62. The van der Waals surface area contributed by atoms with Crippen LogP contribution in [0.4, 0.5) is 0 Å². The largest absolute Gasteiger partial charge is 0.747 e. The van der Waals surface area contributed by atoms with Crippen molar-refractivity contribution in [2.75, 3.05) is 13.8 Å². The topological polar surface area (TPSA) is 94.1 Å². The highest BCUT2D eigenvalue weighted by atomic mass is 31.1. The number of hydrogen-bond acceptors (Lipinski definition) is 6. The molecule has 0 aliphatic heterocycles. The molecule has 7 nitrogen and oxygen atoms in total. The summed E-state index contributed by atoms with van der Waals surface area (Å²) in [6.07, 6.45) is 5.64. The van der Waals surface area contributed by atoms with Gasteiger partial charge in [0, 0.05) is 21.1 Å². The number of nitrogens with one attached hydrogen (secondary N) is 1. The van der Waals surface area contributed by atoms with Crippen molar-refractivity contribution in [1.29, 1.82) is 0 Å². The predicted molar refractivity (Wildman–Crippen MR) is 123 cm³/mol. The number of likely N-dealkylation sites (N-methyl/N-ethyl adjacent to an activating group) is 1. The fraction of sp³-hybridized carbons (Fsp3) is 0.708. The van der Waals surface area contributed by atoms with E-state index in [1.165, 1.54) is 12.8 Å². The molecule has 3 aliphatic rings. The summed E-state index contributed by atoms with van der Waals surface area (Å²) in [4.78, 5) is 22.0. The van der Waals surface area contributed by atoms with Gasteiger partial charge >= 0.3 is 14.2 Å². The lowest BCUT2D eigenvalue weighted by molar-refractivity contribution is -0.181. The molecule has 8 heteroatoms. The zero-order valence-electron chi connectivity index (χ0n) is 20.1. The lowest BCUT2D eigenvalue weighted by Gasteiger charge is -2.56. The first-order valence-corrected chi connectivity index (χ1v) is 12.4. The van der Waals surface area contributed by atoms with Gasteiger partial charge in [-0.2, -0.15) is 0 Å². The van der Waals surface area contributed by atoms with Crippen LogP contribution in [0.3, 0.4) is 0 Å². The highest BCUT2D eigenvalue weighted by Crippen LogP contribution is 2.52. The van der Waals surface area contributed by atoms with Crippen molar-refractivity contribution in [1.82, 2.24) is 5.32 Å².